The molecule has 0 bridgehead atoms. The summed E-state index contributed by atoms with van der Waals surface area (Å²) >= 11 is 10.8. The van der Waals surface area contributed by atoms with Gasteiger partial charge in [0.1, 0.15) is 65.4 Å². The molecule has 48 heteroatoms. The average molecular weight is 1950 g/mol. The van der Waals surface area contributed by atoms with E-state index < -0.39 is 32.0 Å². The van der Waals surface area contributed by atoms with Gasteiger partial charge in [0.15, 0.2) is 32.0 Å². The summed E-state index contributed by atoms with van der Waals surface area (Å²) in [5.74, 6) is 5.36. The second kappa shape index (κ2) is 46.6. The van der Waals surface area contributed by atoms with Gasteiger partial charge in [0.2, 0.25) is 50.6 Å². The number of thiazole rings is 4. The molecular weight excluding hydrogens is 1850 g/mol. The Labute approximate surface area is 787 Å². The normalized spacial score (nSPS) is 12.6. The van der Waals surface area contributed by atoms with Crippen LogP contribution in [0.1, 0.15) is 153 Å². The Bertz CT molecular complexity index is 6320. The topological polar surface area (TPSA) is 540 Å². The van der Waals surface area contributed by atoms with Crippen LogP contribution in [0.15, 0.2) is 125 Å². The number of hydrogen-bond acceptors (Lipinski definition) is 43. The minimum absolute atomic E-state index is 0.0351. The summed E-state index contributed by atoms with van der Waals surface area (Å²) in [5.41, 5.74) is 6.49. The molecule has 0 amide bonds. The number of nitrogens with zero attached hydrogens (tertiary/aromatic N) is 14. The maximum absolute atomic E-state index is 12.2. The molecule has 12 aromatic rings. The third-order valence-electron chi connectivity index (χ3n) is 19.5. The molecule has 702 valence electrons. The minimum atomic E-state index is -3.74. The molecule has 3 aliphatic rings. The van der Waals surface area contributed by atoms with E-state index in [2.05, 4.69) is 107 Å². The van der Waals surface area contributed by atoms with Crippen molar-refractivity contribution in [2.75, 3.05) is 132 Å². The van der Waals surface area contributed by atoms with E-state index in [1.165, 1.54) is 74.0 Å². The number of aryl methyl sites for hydroxylation is 4. The van der Waals surface area contributed by atoms with Gasteiger partial charge in [0.05, 0.1) is 72.2 Å². The van der Waals surface area contributed by atoms with Gasteiger partial charge >= 0.3 is 29.8 Å². The maximum Gasteiger partial charge on any atom is 0.350 e. The van der Waals surface area contributed by atoms with E-state index in [9.17, 15) is 40.8 Å². The van der Waals surface area contributed by atoms with Crippen LogP contribution in [0.3, 0.4) is 0 Å². The molecule has 133 heavy (non-hydrogen) atoms. The zero-order chi connectivity index (χ0) is 94.9. The fourth-order valence-corrected chi connectivity index (χ4v) is 17.6. The first kappa shape index (κ1) is 98.6. The van der Waals surface area contributed by atoms with Gasteiger partial charge < -0.3 is 69.5 Å². The van der Waals surface area contributed by atoms with Crippen LogP contribution in [0, 0.1) is 27.7 Å². The van der Waals surface area contributed by atoms with Crippen molar-refractivity contribution in [1.82, 2.24) is 59.8 Å². The molecule has 3 aliphatic heterocycles. The van der Waals surface area contributed by atoms with Gasteiger partial charge in [0, 0.05) is 83.7 Å². The Kier molecular flexibility index (Phi) is 34.5. The summed E-state index contributed by atoms with van der Waals surface area (Å²) in [5, 5.41) is 40.6. The molecule has 8 aromatic heterocycles. The van der Waals surface area contributed by atoms with Crippen LogP contribution in [0.2, 0.25) is 5.15 Å². The number of esters is 5. The van der Waals surface area contributed by atoms with Crippen molar-refractivity contribution in [2.45, 2.75) is 123 Å². The number of ether oxygens (including phenoxy) is 7. The van der Waals surface area contributed by atoms with Gasteiger partial charge in [-0.25, -0.2) is 76.0 Å². The van der Waals surface area contributed by atoms with E-state index in [1.807, 2.05) is 42.5 Å². The quantitative estimate of drug-likeness (QED) is 0.0103. The summed E-state index contributed by atoms with van der Waals surface area (Å²) in [6, 6.07) is 32.7. The lowest BCUT2D eigenvalue weighted by atomic mass is 10.1. The van der Waals surface area contributed by atoms with Crippen LogP contribution in [-0.4, -0.2) is 181 Å². The van der Waals surface area contributed by atoms with E-state index in [-0.39, 0.29) is 58.1 Å². The predicted molar refractivity (Wildman–Crippen MR) is 510 cm³/mol. The Morgan fingerprint density at radius 1 is 0.398 bits per heavy atom. The number of nitrogens with one attached hydrogen (secondary N) is 9. The Hall–Kier alpha value is -13.4. The van der Waals surface area contributed by atoms with Gasteiger partial charge in [-0.15, -0.1) is 0 Å². The molecule has 2 fully saturated rings. The zero-order valence-electron chi connectivity index (χ0n) is 74.0. The lowest BCUT2D eigenvalue weighted by Crippen LogP contribution is -2.30. The summed E-state index contributed by atoms with van der Waals surface area (Å²) in [4.78, 5) is 120. The van der Waals surface area contributed by atoms with Crippen LogP contribution in [-0.2, 0) is 69.9 Å². The molecule has 0 atom stereocenters. The standard InChI is InChI=1S/C25H30N6O4S.C24H28N6O4S.C19H23N7O4S2.C17H17ClN6O4S2/c1-4-35-23(33)21-16(2)27-25(36-21)30-24-28-19(14-20(29-24)31-12-6-5-7-13-31)26-15-17-8-10-18(11-9-17)22(32)34-3;1-3-32-22(31)21-15(2)26-24(35-21)29-23-27-19(12-20(28-23)30-9-5-4-6-10-30)25-13-16-7-8-17-18(11-16)34-14-33-17;1-4-30-17(27)16-11(2)23-19(31-16)26-18-24-14(21-3)9-15(25-18)22-10-12-5-7-13(8-6-12)32(20,28)29;1-9-14(15(25)28-2)29-17(21-9)24-16-22-12(18)7-13(23-16)20-8-10-3-5-11(6-4-10)30(19,26)27/h8-11,14H,4-7,12-13,15H2,1-3H3,(H2,26,27,28,29,30);7-8,11-12H,3-6,9-10,13-14H2,1-2H3,(H2,25,26,27,28,29);5-9H,4,10H2,1-3H3,(H2,20,28,29)(H3,21,22,23,24,25,26);3-7H,8H2,1-2H3,(H2,19,26,27)(H2,20,21,22,23,24). The van der Waals surface area contributed by atoms with Crippen LogP contribution < -0.4 is 77.4 Å². The molecule has 0 aliphatic carbocycles. The SMILES string of the molecule is CCOC(=O)c1sc(Nc2nc(NC)cc(NCc3ccc(S(N)(=O)=O)cc3)n2)nc1C.CCOC(=O)c1sc(Nc2nc(NCc3ccc(C(=O)OC)cc3)cc(N3CCCCC3)n2)nc1C.CCOC(=O)c1sc(Nc2nc(NCc3ccc4c(c3)OCO4)cc(N3CCCCC3)n2)nc1C.COC(=O)c1sc(Nc2nc(Cl)cc(NCc3ccc(S(N)(=O)=O)cc3)n2)nc1C. The largest absolute Gasteiger partial charge is 0.465 e. The number of primary sulfonamides is 2. The second-order valence-electron chi connectivity index (χ2n) is 29.1. The van der Waals surface area contributed by atoms with Crippen LogP contribution in [0.25, 0.3) is 0 Å². The summed E-state index contributed by atoms with van der Waals surface area (Å²) in [7, 11) is -3.07. The van der Waals surface area contributed by atoms with Crippen LogP contribution >= 0.6 is 56.9 Å². The summed E-state index contributed by atoms with van der Waals surface area (Å²) in [6.45, 7) is 19.1. The highest BCUT2D eigenvalue weighted by Crippen LogP contribution is 2.36. The van der Waals surface area contributed by atoms with Gasteiger partial charge in [-0.2, -0.15) is 34.9 Å². The number of piperidine rings is 2. The highest BCUT2D eigenvalue weighted by molar-refractivity contribution is 7.89. The lowest BCUT2D eigenvalue weighted by Gasteiger charge is -2.28. The first-order valence-corrected chi connectivity index (χ1v) is 48.4. The zero-order valence-corrected chi connectivity index (χ0v) is 79.6. The van der Waals surface area contributed by atoms with E-state index in [4.69, 9.17) is 65.0 Å². The lowest BCUT2D eigenvalue weighted by molar-refractivity contribution is 0.0521. The number of halogens is 1. The third kappa shape index (κ3) is 28.3. The van der Waals surface area contributed by atoms with E-state index in [0.29, 0.717) is 149 Å². The molecule has 2 saturated heterocycles. The molecule has 4 aromatic carbocycles. The number of rotatable bonds is 33. The smallest absolute Gasteiger partial charge is 0.350 e. The highest BCUT2D eigenvalue weighted by atomic mass is 35.5. The number of benzene rings is 4. The van der Waals surface area contributed by atoms with Crippen molar-refractivity contribution >= 4 is 192 Å². The summed E-state index contributed by atoms with van der Waals surface area (Å²) in [6.07, 6.45) is 6.97. The van der Waals surface area contributed by atoms with Crippen molar-refractivity contribution in [3.63, 3.8) is 0 Å². The van der Waals surface area contributed by atoms with Gasteiger partial charge in [-0.3, -0.25) is 21.3 Å². The van der Waals surface area contributed by atoms with Gasteiger partial charge in [-0.1, -0.05) is 99.4 Å². The van der Waals surface area contributed by atoms with E-state index >= 15 is 0 Å². The molecule has 41 nitrogen and oxygen atoms in total. The number of nitrogens with two attached hydrogens (primary N) is 2. The average Bonchev–Trinajstić information content (AvgIpc) is 1.72. The Balaban J connectivity index is 0.000000160. The second-order valence-corrected chi connectivity index (χ2v) is 36.6. The van der Waals surface area contributed by atoms with Crippen molar-refractivity contribution in [3.8, 4) is 11.5 Å². The fourth-order valence-electron chi connectivity index (χ4n) is 12.9. The number of anilines is 15. The number of hydrogen-bond donors (Lipinski definition) is 11. The first-order chi connectivity index (χ1) is 63.9. The fraction of sp³-hybridized carbons (Fsp3) is 0.329. The van der Waals surface area contributed by atoms with Crippen molar-refractivity contribution in [3.05, 3.63) is 191 Å². The van der Waals surface area contributed by atoms with Crippen LogP contribution in [0.4, 0.5) is 85.0 Å². The van der Waals surface area contributed by atoms with Gasteiger partial charge in [0.25, 0.3) is 0 Å². The third-order valence-corrected chi connectivity index (χ3v) is 25.8. The molecular formula is C85H98ClN25O16S6. The first-order valence-electron chi connectivity index (χ1n) is 41.6. The highest BCUT2D eigenvalue weighted by Gasteiger charge is 2.26. The molecule has 15 rings (SSSR count). The van der Waals surface area contributed by atoms with Crippen molar-refractivity contribution in [2.24, 2.45) is 10.3 Å². The monoisotopic (exact) mass is 1950 g/mol. The molecule has 0 spiro atoms. The van der Waals surface area contributed by atoms with Crippen LogP contribution in [0.5, 0.6) is 11.5 Å². The number of aromatic nitrogens is 12. The maximum atomic E-state index is 12.2. The number of carbonyl (C=O) groups is 5. The predicted octanol–water partition coefficient (Wildman–Crippen LogP) is 14.2. The van der Waals surface area contributed by atoms with Crippen molar-refractivity contribution in [1.29, 1.82) is 0 Å². The van der Waals surface area contributed by atoms with Crippen molar-refractivity contribution < 1.29 is 74.0 Å². The number of methoxy groups -OCH3 is 2. The minimum Gasteiger partial charge on any atom is -0.465 e. The molecule has 13 N–H and O–H groups in total. The number of sulfonamides is 2. The number of fused-ring (bicyclic) bond motifs is 1. The summed E-state index contributed by atoms with van der Waals surface area (Å²) < 4.78 is 81.0. The van der Waals surface area contributed by atoms with E-state index in [0.717, 1.165) is 120 Å². The van der Waals surface area contributed by atoms with Gasteiger partial charge in [-0.05, 0) is 158 Å². The van der Waals surface area contributed by atoms with E-state index in [1.54, 1.807) is 104 Å². The molecule has 0 unspecified atom stereocenters. The Morgan fingerprint density at radius 3 is 1.11 bits per heavy atom. The Morgan fingerprint density at radius 2 is 0.729 bits per heavy atom. The molecule has 0 radical (unpaired) electrons. The molecule has 11 heterocycles. The number of carbonyl (C=O) groups excluding carboxylic acids is 5. The molecule has 0 saturated carbocycles.